The second-order valence-corrected chi connectivity index (χ2v) is 3.89. The fourth-order valence-electron chi connectivity index (χ4n) is 1.63. The first-order valence-corrected chi connectivity index (χ1v) is 5.63. The molecule has 88 valence electrons. The van der Waals surface area contributed by atoms with E-state index >= 15 is 0 Å². The molecule has 0 saturated carbocycles. The topological polar surface area (TPSA) is 31.2 Å². The summed E-state index contributed by atoms with van der Waals surface area (Å²) in [5.41, 5.74) is 1.77. The van der Waals surface area contributed by atoms with Gasteiger partial charge in [0.05, 0.1) is 0 Å². The van der Waals surface area contributed by atoms with Crippen molar-refractivity contribution < 1.29 is 9.53 Å². The fraction of sp³-hybridized carbons (Fsp3) is 0.214. The van der Waals surface area contributed by atoms with E-state index in [4.69, 9.17) is 4.74 Å². The van der Waals surface area contributed by atoms with Gasteiger partial charge in [-0.25, -0.2) is 4.79 Å². The Morgan fingerprint density at radius 3 is 2.47 bits per heavy atom. The van der Waals surface area contributed by atoms with Crippen molar-refractivity contribution in [3.8, 4) is 5.75 Å². The van der Waals surface area contributed by atoms with Crippen molar-refractivity contribution in [1.82, 2.24) is 4.57 Å². The van der Waals surface area contributed by atoms with Crippen molar-refractivity contribution in [3.63, 3.8) is 0 Å². The molecular formula is C14H15NO2. The zero-order valence-corrected chi connectivity index (χ0v) is 10.0. The van der Waals surface area contributed by atoms with Gasteiger partial charge in [0.1, 0.15) is 11.4 Å². The third-order valence-electron chi connectivity index (χ3n) is 2.70. The van der Waals surface area contributed by atoms with E-state index in [1.165, 1.54) is 5.56 Å². The molecule has 1 aromatic carbocycles. The van der Waals surface area contributed by atoms with E-state index in [2.05, 4.69) is 6.92 Å². The molecule has 0 amide bonds. The molecule has 1 aromatic heterocycles. The molecule has 0 spiro atoms. The van der Waals surface area contributed by atoms with Crippen LogP contribution in [-0.4, -0.2) is 10.5 Å². The standard InChI is InChI=1S/C14H15NO2/c1-3-11-6-8-12(9-7-11)17-14(16)13-5-4-10-15(13)2/h4-10H,3H2,1-2H3. The van der Waals surface area contributed by atoms with Crippen molar-refractivity contribution in [2.24, 2.45) is 7.05 Å². The van der Waals surface area contributed by atoms with E-state index in [-0.39, 0.29) is 5.97 Å². The maximum Gasteiger partial charge on any atom is 0.360 e. The van der Waals surface area contributed by atoms with Crippen LogP contribution in [0.1, 0.15) is 23.0 Å². The molecule has 0 N–H and O–H groups in total. The highest BCUT2D eigenvalue weighted by atomic mass is 16.5. The third kappa shape index (κ3) is 2.56. The summed E-state index contributed by atoms with van der Waals surface area (Å²) in [6, 6.07) is 11.1. The number of esters is 1. The Bertz CT molecular complexity index is 511. The summed E-state index contributed by atoms with van der Waals surface area (Å²) in [4.78, 5) is 11.8. The van der Waals surface area contributed by atoms with E-state index in [9.17, 15) is 4.79 Å². The van der Waals surface area contributed by atoms with E-state index in [0.717, 1.165) is 6.42 Å². The number of aromatic nitrogens is 1. The summed E-state index contributed by atoms with van der Waals surface area (Å²) in [5.74, 6) is 0.246. The summed E-state index contributed by atoms with van der Waals surface area (Å²) in [6.45, 7) is 2.09. The smallest absolute Gasteiger partial charge is 0.360 e. The minimum Gasteiger partial charge on any atom is -0.422 e. The summed E-state index contributed by atoms with van der Waals surface area (Å²) >= 11 is 0. The van der Waals surface area contributed by atoms with E-state index < -0.39 is 0 Å². The molecule has 0 aliphatic carbocycles. The van der Waals surface area contributed by atoms with Crippen LogP contribution in [0.4, 0.5) is 0 Å². The van der Waals surface area contributed by atoms with Gasteiger partial charge in [-0.15, -0.1) is 0 Å². The molecule has 3 nitrogen and oxygen atoms in total. The molecule has 2 aromatic rings. The van der Waals surface area contributed by atoms with Gasteiger partial charge < -0.3 is 9.30 Å². The molecule has 3 heteroatoms. The van der Waals surface area contributed by atoms with Gasteiger partial charge in [0.2, 0.25) is 0 Å². The van der Waals surface area contributed by atoms with Gasteiger partial charge in [-0.1, -0.05) is 19.1 Å². The summed E-state index contributed by atoms with van der Waals surface area (Å²) < 4.78 is 7.02. The second kappa shape index (κ2) is 4.87. The van der Waals surface area contributed by atoms with Crippen LogP contribution >= 0.6 is 0 Å². The number of rotatable bonds is 3. The fourth-order valence-corrected chi connectivity index (χ4v) is 1.63. The van der Waals surface area contributed by atoms with Crippen LogP contribution in [-0.2, 0) is 13.5 Å². The second-order valence-electron chi connectivity index (χ2n) is 3.89. The number of hydrogen-bond donors (Lipinski definition) is 0. The predicted molar refractivity (Wildman–Crippen MR) is 66.2 cm³/mol. The minimum atomic E-state index is -0.332. The first kappa shape index (κ1) is 11.5. The van der Waals surface area contributed by atoms with Crippen molar-refractivity contribution in [2.75, 3.05) is 0 Å². The molecule has 0 aliphatic rings. The van der Waals surface area contributed by atoms with Crippen LogP contribution in [0.15, 0.2) is 42.6 Å². The van der Waals surface area contributed by atoms with Crippen LogP contribution in [0.5, 0.6) is 5.75 Å². The maximum absolute atomic E-state index is 11.8. The Hall–Kier alpha value is -2.03. The average molecular weight is 229 g/mol. The van der Waals surface area contributed by atoms with Crippen molar-refractivity contribution in [2.45, 2.75) is 13.3 Å². The minimum absolute atomic E-state index is 0.332. The summed E-state index contributed by atoms with van der Waals surface area (Å²) in [6.07, 6.45) is 2.79. The number of benzene rings is 1. The van der Waals surface area contributed by atoms with Crippen LogP contribution in [0.3, 0.4) is 0 Å². The number of carbonyl (C=O) groups is 1. The van der Waals surface area contributed by atoms with Gasteiger partial charge in [0, 0.05) is 13.2 Å². The SMILES string of the molecule is CCc1ccc(OC(=O)c2cccn2C)cc1. The molecule has 0 fully saturated rings. The molecule has 0 saturated heterocycles. The lowest BCUT2D eigenvalue weighted by atomic mass is 10.2. The molecular weight excluding hydrogens is 214 g/mol. The van der Waals surface area contributed by atoms with Gasteiger partial charge in [-0.3, -0.25) is 0 Å². The normalized spacial score (nSPS) is 10.2. The zero-order valence-electron chi connectivity index (χ0n) is 10.0. The van der Waals surface area contributed by atoms with Crippen LogP contribution in [0, 0.1) is 0 Å². The van der Waals surface area contributed by atoms with E-state index in [1.54, 1.807) is 10.6 Å². The van der Waals surface area contributed by atoms with Gasteiger partial charge in [-0.2, -0.15) is 0 Å². The maximum atomic E-state index is 11.8. The molecule has 0 atom stereocenters. The Balaban J connectivity index is 2.10. The average Bonchev–Trinajstić information content (AvgIpc) is 2.76. The Labute approximate surface area is 101 Å². The zero-order chi connectivity index (χ0) is 12.3. The van der Waals surface area contributed by atoms with Gasteiger partial charge in [0.15, 0.2) is 0 Å². The Morgan fingerprint density at radius 1 is 1.24 bits per heavy atom. The van der Waals surface area contributed by atoms with Gasteiger partial charge in [-0.05, 0) is 36.2 Å². The molecule has 0 aliphatic heterocycles. The first-order valence-electron chi connectivity index (χ1n) is 5.63. The monoisotopic (exact) mass is 229 g/mol. The number of carbonyl (C=O) groups excluding carboxylic acids is 1. The lowest BCUT2D eigenvalue weighted by Crippen LogP contribution is -2.12. The molecule has 0 unspecified atom stereocenters. The van der Waals surface area contributed by atoms with Crippen molar-refractivity contribution in [3.05, 3.63) is 53.9 Å². The predicted octanol–water partition coefficient (Wildman–Crippen LogP) is 2.81. The first-order chi connectivity index (χ1) is 8.20. The summed E-state index contributed by atoms with van der Waals surface area (Å²) in [5, 5.41) is 0. The number of nitrogens with zero attached hydrogens (tertiary/aromatic N) is 1. The lowest BCUT2D eigenvalue weighted by molar-refractivity contribution is 0.0725. The largest absolute Gasteiger partial charge is 0.422 e. The van der Waals surface area contributed by atoms with Crippen LogP contribution in [0.25, 0.3) is 0 Å². The van der Waals surface area contributed by atoms with E-state index in [0.29, 0.717) is 11.4 Å². The highest BCUT2D eigenvalue weighted by Gasteiger charge is 2.11. The van der Waals surface area contributed by atoms with E-state index in [1.807, 2.05) is 43.6 Å². The third-order valence-corrected chi connectivity index (χ3v) is 2.70. The van der Waals surface area contributed by atoms with Crippen molar-refractivity contribution >= 4 is 5.97 Å². The summed E-state index contributed by atoms with van der Waals surface area (Å²) in [7, 11) is 1.82. The number of hydrogen-bond acceptors (Lipinski definition) is 2. The van der Waals surface area contributed by atoms with Crippen molar-refractivity contribution in [1.29, 1.82) is 0 Å². The Morgan fingerprint density at radius 2 is 1.94 bits per heavy atom. The quantitative estimate of drug-likeness (QED) is 0.598. The Kier molecular flexibility index (Phi) is 3.28. The number of aryl methyl sites for hydroxylation is 2. The molecule has 0 bridgehead atoms. The van der Waals surface area contributed by atoms with Gasteiger partial charge in [0.25, 0.3) is 0 Å². The molecule has 17 heavy (non-hydrogen) atoms. The highest BCUT2D eigenvalue weighted by Crippen LogP contribution is 2.14. The van der Waals surface area contributed by atoms with Crippen LogP contribution < -0.4 is 4.74 Å². The molecule has 2 rings (SSSR count). The van der Waals surface area contributed by atoms with Gasteiger partial charge >= 0.3 is 5.97 Å². The highest BCUT2D eigenvalue weighted by molar-refractivity contribution is 5.89. The number of ether oxygens (including phenoxy) is 1. The molecule has 0 radical (unpaired) electrons. The molecule has 1 heterocycles. The van der Waals surface area contributed by atoms with Crippen LogP contribution in [0.2, 0.25) is 0 Å². The lowest BCUT2D eigenvalue weighted by Gasteiger charge is -2.05.